The van der Waals surface area contributed by atoms with Crippen molar-refractivity contribution in [3.8, 4) is 5.75 Å². The van der Waals surface area contributed by atoms with Crippen molar-refractivity contribution in [2.24, 2.45) is 11.1 Å². The molecule has 0 aliphatic carbocycles. The van der Waals surface area contributed by atoms with Gasteiger partial charge in [0.25, 0.3) is 5.91 Å². The van der Waals surface area contributed by atoms with Crippen molar-refractivity contribution in [2.45, 2.75) is 26.3 Å². The number of hydrogen-bond donors (Lipinski definition) is 1. The lowest BCUT2D eigenvalue weighted by atomic mass is 9.79. The SMILES string of the molecule is COc1ccc(C(=O)N2CCC(N)C(C)(C)C2)c(I)c1.Cl. The van der Waals surface area contributed by atoms with E-state index in [4.69, 9.17) is 10.5 Å². The molecule has 1 amide bonds. The van der Waals surface area contributed by atoms with Crippen LogP contribution in [-0.4, -0.2) is 37.0 Å². The number of likely N-dealkylation sites (tertiary alicyclic amines) is 1. The van der Waals surface area contributed by atoms with Gasteiger partial charge in [0.05, 0.1) is 12.7 Å². The lowest BCUT2D eigenvalue weighted by Gasteiger charge is -2.42. The highest BCUT2D eigenvalue weighted by molar-refractivity contribution is 14.1. The molecule has 1 heterocycles. The third kappa shape index (κ3) is 4.02. The Labute approximate surface area is 145 Å². The molecule has 0 radical (unpaired) electrons. The number of ether oxygens (including phenoxy) is 1. The fraction of sp³-hybridized carbons (Fsp3) is 0.533. The van der Waals surface area contributed by atoms with Gasteiger partial charge in [0.1, 0.15) is 5.75 Å². The summed E-state index contributed by atoms with van der Waals surface area (Å²) in [5.74, 6) is 0.851. The summed E-state index contributed by atoms with van der Waals surface area (Å²) in [5, 5.41) is 0. The average Bonchev–Trinajstić information content (AvgIpc) is 2.41. The maximum Gasteiger partial charge on any atom is 0.254 e. The van der Waals surface area contributed by atoms with Crippen LogP contribution >= 0.6 is 35.0 Å². The lowest BCUT2D eigenvalue weighted by Crippen LogP contribution is -2.54. The number of benzene rings is 1. The summed E-state index contributed by atoms with van der Waals surface area (Å²) < 4.78 is 6.09. The fourth-order valence-corrected chi connectivity index (χ4v) is 3.23. The van der Waals surface area contributed by atoms with Crippen LogP contribution in [0.25, 0.3) is 0 Å². The first-order valence-electron chi connectivity index (χ1n) is 6.73. The number of halogens is 2. The predicted molar refractivity (Wildman–Crippen MR) is 95.2 cm³/mol. The highest BCUT2D eigenvalue weighted by Crippen LogP contribution is 2.29. The number of nitrogens with two attached hydrogens (primary N) is 1. The number of rotatable bonds is 2. The van der Waals surface area contributed by atoms with E-state index in [1.165, 1.54) is 0 Å². The van der Waals surface area contributed by atoms with Gasteiger partial charge in [-0.15, -0.1) is 12.4 Å². The number of amides is 1. The zero-order chi connectivity index (χ0) is 14.9. The largest absolute Gasteiger partial charge is 0.497 e. The number of nitrogens with zero attached hydrogens (tertiary/aromatic N) is 1. The topological polar surface area (TPSA) is 55.6 Å². The van der Waals surface area contributed by atoms with Gasteiger partial charge in [0.15, 0.2) is 0 Å². The second kappa shape index (κ2) is 7.15. The third-order valence-electron chi connectivity index (χ3n) is 4.01. The molecule has 6 heteroatoms. The van der Waals surface area contributed by atoms with Crippen LogP contribution in [0, 0.1) is 8.99 Å². The Morgan fingerprint density at radius 3 is 2.67 bits per heavy atom. The summed E-state index contributed by atoms with van der Waals surface area (Å²) in [5.41, 5.74) is 6.82. The molecule has 21 heavy (non-hydrogen) atoms. The quantitative estimate of drug-likeness (QED) is 0.743. The normalized spacial score (nSPS) is 20.6. The smallest absolute Gasteiger partial charge is 0.254 e. The van der Waals surface area contributed by atoms with Gasteiger partial charge < -0.3 is 15.4 Å². The molecule has 118 valence electrons. The number of methoxy groups -OCH3 is 1. The number of carbonyl (C=O) groups is 1. The van der Waals surface area contributed by atoms with Crippen molar-refractivity contribution in [3.05, 3.63) is 27.3 Å². The molecule has 1 saturated heterocycles. The first-order valence-corrected chi connectivity index (χ1v) is 7.81. The first-order chi connectivity index (χ1) is 9.35. The van der Waals surface area contributed by atoms with Crippen LogP contribution in [0.3, 0.4) is 0 Å². The van der Waals surface area contributed by atoms with Gasteiger partial charge in [-0.3, -0.25) is 4.79 Å². The van der Waals surface area contributed by atoms with Crippen molar-refractivity contribution in [1.29, 1.82) is 0 Å². The minimum absolute atomic E-state index is 0. The molecule has 1 aromatic carbocycles. The molecule has 2 N–H and O–H groups in total. The van der Waals surface area contributed by atoms with E-state index < -0.39 is 0 Å². The molecule has 0 saturated carbocycles. The van der Waals surface area contributed by atoms with Gasteiger partial charge in [-0.05, 0) is 52.6 Å². The molecule has 1 atom stereocenters. The summed E-state index contributed by atoms with van der Waals surface area (Å²) in [6.07, 6.45) is 0.853. The van der Waals surface area contributed by atoms with Crippen molar-refractivity contribution in [3.63, 3.8) is 0 Å². The standard InChI is InChI=1S/C15H21IN2O2.ClH/c1-15(2)9-18(7-6-13(15)17)14(19)11-5-4-10(20-3)8-12(11)16;/h4-5,8,13H,6-7,9,17H2,1-3H3;1H. The molecule has 1 unspecified atom stereocenters. The second-order valence-corrected chi connectivity index (χ2v) is 7.12. The van der Waals surface area contributed by atoms with Gasteiger partial charge in [-0.2, -0.15) is 0 Å². The monoisotopic (exact) mass is 424 g/mol. The lowest BCUT2D eigenvalue weighted by molar-refractivity contribution is 0.0532. The maximum absolute atomic E-state index is 12.7. The molecule has 0 spiro atoms. The van der Waals surface area contributed by atoms with Crippen molar-refractivity contribution >= 4 is 40.9 Å². The van der Waals surface area contributed by atoms with Gasteiger partial charge >= 0.3 is 0 Å². The molecular formula is C15H22ClIN2O2. The van der Waals surface area contributed by atoms with Crippen molar-refractivity contribution in [1.82, 2.24) is 4.90 Å². The first kappa shape index (κ1) is 18.5. The molecule has 2 rings (SSSR count). The molecule has 1 aromatic rings. The van der Waals surface area contributed by atoms with Crippen molar-refractivity contribution < 1.29 is 9.53 Å². The molecule has 0 aromatic heterocycles. The van der Waals surface area contributed by atoms with Crippen LogP contribution in [0.2, 0.25) is 0 Å². The third-order valence-corrected chi connectivity index (χ3v) is 4.90. The zero-order valence-corrected chi connectivity index (χ0v) is 15.5. The Kier molecular flexibility index (Phi) is 6.31. The van der Waals surface area contributed by atoms with Crippen LogP contribution in [-0.2, 0) is 0 Å². The average molecular weight is 425 g/mol. The van der Waals surface area contributed by atoms with E-state index in [9.17, 15) is 4.79 Å². The maximum atomic E-state index is 12.7. The van der Waals surface area contributed by atoms with E-state index in [0.717, 1.165) is 27.8 Å². The van der Waals surface area contributed by atoms with Crippen LogP contribution in [0.5, 0.6) is 5.75 Å². The Balaban J connectivity index is 0.00000220. The van der Waals surface area contributed by atoms with E-state index in [1.807, 2.05) is 23.1 Å². The van der Waals surface area contributed by atoms with E-state index in [0.29, 0.717) is 6.54 Å². The summed E-state index contributed by atoms with van der Waals surface area (Å²) in [6, 6.07) is 5.71. The Bertz CT molecular complexity index is 522. The van der Waals surface area contributed by atoms with Crippen LogP contribution < -0.4 is 10.5 Å². The van der Waals surface area contributed by atoms with E-state index in [1.54, 1.807) is 7.11 Å². The fourth-order valence-electron chi connectivity index (χ4n) is 2.51. The molecule has 1 aliphatic heterocycles. The molecule has 4 nitrogen and oxygen atoms in total. The molecule has 1 aliphatic rings. The second-order valence-electron chi connectivity index (χ2n) is 5.96. The number of piperidine rings is 1. The summed E-state index contributed by atoms with van der Waals surface area (Å²) in [6.45, 7) is 5.67. The van der Waals surface area contributed by atoms with E-state index in [2.05, 4.69) is 36.4 Å². The van der Waals surface area contributed by atoms with Gasteiger partial charge in [0, 0.05) is 22.7 Å². The van der Waals surface area contributed by atoms with Crippen LogP contribution in [0.4, 0.5) is 0 Å². The zero-order valence-electron chi connectivity index (χ0n) is 12.6. The Morgan fingerprint density at radius 2 is 2.14 bits per heavy atom. The van der Waals surface area contributed by atoms with Crippen molar-refractivity contribution in [2.75, 3.05) is 20.2 Å². The number of hydrogen-bond acceptors (Lipinski definition) is 3. The molecule has 1 fully saturated rings. The Hall–Kier alpha value is -0.530. The van der Waals surface area contributed by atoms with Gasteiger partial charge in [-0.25, -0.2) is 0 Å². The Morgan fingerprint density at radius 1 is 1.48 bits per heavy atom. The highest BCUT2D eigenvalue weighted by Gasteiger charge is 2.35. The number of carbonyl (C=O) groups excluding carboxylic acids is 1. The van der Waals surface area contributed by atoms with Gasteiger partial charge in [0.2, 0.25) is 0 Å². The summed E-state index contributed by atoms with van der Waals surface area (Å²) >= 11 is 2.18. The minimum atomic E-state index is -0.0359. The molecule has 0 bridgehead atoms. The van der Waals surface area contributed by atoms with E-state index >= 15 is 0 Å². The van der Waals surface area contributed by atoms with Crippen LogP contribution in [0.1, 0.15) is 30.6 Å². The van der Waals surface area contributed by atoms with E-state index in [-0.39, 0.29) is 29.8 Å². The summed E-state index contributed by atoms with van der Waals surface area (Å²) in [4.78, 5) is 14.6. The minimum Gasteiger partial charge on any atom is -0.497 e. The predicted octanol–water partition coefficient (Wildman–Crippen LogP) is 2.92. The summed E-state index contributed by atoms with van der Waals surface area (Å²) in [7, 11) is 1.63. The highest BCUT2D eigenvalue weighted by atomic mass is 127. The van der Waals surface area contributed by atoms with Gasteiger partial charge in [-0.1, -0.05) is 13.8 Å². The van der Waals surface area contributed by atoms with Crippen LogP contribution in [0.15, 0.2) is 18.2 Å². The molecular weight excluding hydrogens is 403 g/mol.